The number of aliphatic hydroxyl groups excluding tert-OH is 1. The first kappa shape index (κ1) is 75.9. The third kappa shape index (κ3) is 66.4. The third-order valence-electron chi connectivity index (χ3n) is 16.1. The topological polar surface area (TPSA) is 72.8 Å². The Hall–Kier alpha value is -2.14. The standard InChI is InChI=1S/C73H136O5/c1-3-5-7-9-11-13-15-17-19-21-23-25-27-29-30-31-32-33-34-35-36-37-38-39-40-41-42-44-45-47-49-51-53-55-57-59-61-63-65-67-72(75)77-70-71(69-74)78-73(76)68-66-64-62-60-58-56-54-52-50-48-46-43-28-26-24-22-20-18-16-14-12-10-8-6-4-2/h6,8,12,14,18,20,24,26,71,74H,3-5,7,9-11,13,15-17,19,21-23,25,27-70H2,1-2H3/b8-6-,14-12-,20-18-,26-24-. The van der Waals surface area contributed by atoms with Crippen molar-refractivity contribution in [1.82, 2.24) is 0 Å². The van der Waals surface area contributed by atoms with E-state index in [1.807, 2.05) is 0 Å². The first-order valence-electron chi connectivity index (χ1n) is 35.2. The van der Waals surface area contributed by atoms with Gasteiger partial charge in [-0.25, -0.2) is 0 Å². The molecule has 5 heteroatoms. The lowest BCUT2D eigenvalue weighted by atomic mass is 10.0. The van der Waals surface area contributed by atoms with E-state index in [4.69, 9.17) is 9.47 Å². The SMILES string of the molecule is CC/C=C\C/C=C\C/C=C\C/C=C\CCCCCCCCCCCCCCC(=O)OC(CO)COC(=O)CCCCCCCCCCCCCCCCCCCCCCCCCCCCCCCCCCCCCCCCC. The van der Waals surface area contributed by atoms with Crippen molar-refractivity contribution in [3.63, 3.8) is 0 Å². The molecule has 0 fully saturated rings. The Bertz CT molecular complexity index is 1280. The molecule has 0 amide bonds. The molecule has 1 N–H and O–H groups in total. The number of esters is 2. The number of carbonyl (C=O) groups is 2. The van der Waals surface area contributed by atoms with E-state index < -0.39 is 6.10 Å². The summed E-state index contributed by atoms with van der Waals surface area (Å²) in [7, 11) is 0. The van der Waals surface area contributed by atoms with Gasteiger partial charge in [0.25, 0.3) is 0 Å². The number of rotatable bonds is 66. The van der Waals surface area contributed by atoms with Crippen molar-refractivity contribution >= 4 is 11.9 Å². The second-order valence-corrected chi connectivity index (χ2v) is 23.9. The molecule has 0 saturated heterocycles. The quantitative estimate of drug-likeness (QED) is 0.0373. The van der Waals surface area contributed by atoms with Gasteiger partial charge in [-0.3, -0.25) is 9.59 Å². The summed E-state index contributed by atoms with van der Waals surface area (Å²) in [6.45, 7) is 4.08. The molecule has 0 radical (unpaired) electrons. The minimum atomic E-state index is -0.774. The zero-order valence-electron chi connectivity index (χ0n) is 52.7. The van der Waals surface area contributed by atoms with Gasteiger partial charge in [-0.2, -0.15) is 0 Å². The Kier molecular flexibility index (Phi) is 67.2. The molecule has 458 valence electrons. The van der Waals surface area contributed by atoms with Gasteiger partial charge < -0.3 is 14.6 Å². The lowest BCUT2D eigenvalue weighted by molar-refractivity contribution is -0.161. The minimum absolute atomic E-state index is 0.0627. The molecule has 0 rings (SSSR count). The van der Waals surface area contributed by atoms with Crippen LogP contribution in [0.5, 0.6) is 0 Å². The number of ether oxygens (including phenoxy) is 2. The molecule has 0 aliphatic rings. The van der Waals surface area contributed by atoms with E-state index in [1.54, 1.807) is 0 Å². The van der Waals surface area contributed by atoms with Gasteiger partial charge >= 0.3 is 11.9 Å². The van der Waals surface area contributed by atoms with E-state index in [-0.39, 0.29) is 25.2 Å². The molecular weight excluding hydrogens is 957 g/mol. The maximum Gasteiger partial charge on any atom is 0.306 e. The average Bonchev–Trinajstić information content (AvgIpc) is 3.44. The Morgan fingerprint density at radius 1 is 0.308 bits per heavy atom. The minimum Gasteiger partial charge on any atom is -0.462 e. The van der Waals surface area contributed by atoms with Crippen molar-refractivity contribution in [2.75, 3.05) is 13.2 Å². The molecule has 0 spiro atoms. The molecule has 0 saturated carbocycles. The molecule has 0 aromatic heterocycles. The van der Waals surface area contributed by atoms with Crippen LogP contribution in [0.3, 0.4) is 0 Å². The molecule has 0 aromatic rings. The molecular formula is C73H136O5. The second-order valence-electron chi connectivity index (χ2n) is 23.9. The fourth-order valence-electron chi connectivity index (χ4n) is 10.9. The zero-order valence-corrected chi connectivity index (χ0v) is 52.7. The van der Waals surface area contributed by atoms with Gasteiger partial charge in [0.15, 0.2) is 6.10 Å². The number of allylic oxidation sites excluding steroid dienone is 8. The van der Waals surface area contributed by atoms with E-state index >= 15 is 0 Å². The van der Waals surface area contributed by atoms with Crippen molar-refractivity contribution in [1.29, 1.82) is 0 Å². The van der Waals surface area contributed by atoms with Crippen LogP contribution in [0.2, 0.25) is 0 Å². The number of unbranched alkanes of at least 4 members (excludes halogenated alkanes) is 50. The van der Waals surface area contributed by atoms with Crippen LogP contribution in [0.4, 0.5) is 0 Å². The van der Waals surface area contributed by atoms with Gasteiger partial charge in [-0.15, -0.1) is 0 Å². The molecule has 0 aliphatic carbocycles. The summed E-state index contributed by atoms with van der Waals surface area (Å²) >= 11 is 0. The maximum atomic E-state index is 12.3. The highest BCUT2D eigenvalue weighted by molar-refractivity contribution is 5.70. The smallest absolute Gasteiger partial charge is 0.306 e. The normalized spacial score (nSPS) is 12.4. The lowest BCUT2D eigenvalue weighted by Crippen LogP contribution is -2.28. The zero-order chi connectivity index (χ0) is 56.2. The Morgan fingerprint density at radius 3 is 0.833 bits per heavy atom. The van der Waals surface area contributed by atoms with Gasteiger partial charge in [0, 0.05) is 12.8 Å². The summed E-state index contributed by atoms with van der Waals surface area (Å²) in [6.07, 6.45) is 93.1. The Balaban J connectivity index is 3.37. The Labute approximate surface area is 488 Å². The van der Waals surface area contributed by atoms with Crippen LogP contribution in [0.25, 0.3) is 0 Å². The predicted molar refractivity (Wildman–Crippen MR) is 344 cm³/mol. The molecule has 1 atom stereocenters. The summed E-state index contributed by atoms with van der Waals surface area (Å²) in [5.74, 6) is -0.574. The fraction of sp³-hybridized carbons (Fsp3) is 0.863. The monoisotopic (exact) mass is 1090 g/mol. The molecule has 0 heterocycles. The molecule has 78 heavy (non-hydrogen) atoms. The molecule has 0 aromatic carbocycles. The van der Waals surface area contributed by atoms with Gasteiger partial charge in [0.1, 0.15) is 6.61 Å². The van der Waals surface area contributed by atoms with Crippen LogP contribution in [0, 0.1) is 0 Å². The van der Waals surface area contributed by atoms with Crippen molar-refractivity contribution < 1.29 is 24.2 Å². The van der Waals surface area contributed by atoms with Crippen molar-refractivity contribution in [2.45, 2.75) is 392 Å². The fourth-order valence-corrected chi connectivity index (χ4v) is 10.9. The average molecular weight is 1090 g/mol. The Morgan fingerprint density at radius 2 is 0.551 bits per heavy atom. The highest BCUT2D eigenvalue weighted by atomic mass is 16.6. The summed E-state index contributed by atoms with van der Waals surface area (Å²) in [5, 5.41) is 9.69. The van der Waals surface area contributed by atoms with Gasteiger partial charge in [0.05, 0.1) is 6.61 Å². The van der Waals surface area contributed by atoms with Crippen LogP contribution in [0.1, 0.15) is 386 Å². The highest BCUT2D eigenvalue weighted by Crippen LogP contribution is 2.19. The number of carbonyl (C=O) groups excluding carboxylic acids is 2. The second kappa shape index (κ2) is 69.1. The summed E-state index contributed by atoms with van der Waals surface area (Å²) in [4.78, 5) is 24.6. The van der Waals surface area contributed by atoms with Crippen LogP contribution in [0.15, 0.2) is 48.6 Å². The number of hydrogen-bond acceptors (Lipinski definition) is 5. The summed E-state index contributed by atoms with van der Waals surface area (Å²) < 4.78 is 10.8. The molecule has 5 nitrogen and oxygen atoms in total. The van der Waals surface area contributed by atoms with Crippen molar-refractivity contribution in [2.24, 2.45) is 0 Å². The van der Waals surface area contributed by atoms with Gasteiger partial charge in [-0.05, 0) is 51.4 Å². The van der Waals surface area contributed by atoms with E-state index in [2.05, 4.69) is 62.5 Å². The van der Waals surface area contributed by atoms with Crippen molar-refractivity contribution in [3.8, 4) is 0 Å². The van der Waals surface area contributed by atoms with Crippen LogP contribution < -0.4 is 0 Å². The largest absolute Gasteiger partial charge is 0.462 e. The third-order valence-corrected chi connectivity index (χ3v) is 16.1. The van der Waals surface area contributed by atoms with E-state index in [1.165, 1.54) is 302 Å². The first-order chi connectivity index (χ1) is 38.6. The lowest BCUT2D eigenvalue weighted by Gasteiger charge is -2.15. The molecule has 1 unspecified atom stereocenters. The summed E-state index contributed by atoms with van der Waals surface area (Å²) in [5.41, 5.74) is 0. The van der Waals surface area contributed by atoms with E-state index in [0.29, 0.717) is 12.8 Å². The van der Waals surface area contributed by atoms with E-state index in [0.717, 1.165) is 57.8 Å². The number of hydrogen-bond donors (Lipinski definition) is 1. The number of aliphatic hydroxyl groups is 1. The van der Waals surface area contributed by atoms with Crippen LogP contribution in [-0.4, -0.2) is 36.4 Å². The van der Waals surface area contributed by atoms with E-state index in [9.17, 15) is 14.7 Å². The molecule has 0 bridgehead atoms. The van der Waals surface area contributed by atoms with Crippen LogP contribution >= 0.6 is 0 Å². The summed E-state index contributed by atoms with van der Waals surface area (Å²) in [6, 6.07) is 0. The van der Waals surface area contributed by atoms with Gasteiger partial charge in [0.2, 0.25) is 0 Å². The van der Waals surface area contributed by atoms with Crippen LogP contribution in [-0.2, 0) is 19.1 Å². The van der Waals surface area contributed by atoms with Gasteiger partial charge in [-0.1, -0.05) is 371 Å². The van der Waals surface area contributed by atoms with Crippen molar-refractivity contribution in [3.05, 3.63) is 48.6 Å². The highest BCUT2D eigenvalue weighted by Gasteiger charge is 2.16. The first-order valence-corrected chi connectivity index (χ1v) is 35.2. The molecule has 0 aliphatic heterocycles. The predicted octanol–water partition coefficient (Wildman–Crippen LogP) is 24.3. The maximum absolute atomic E-state index is 12.3.